The molecule has 0 unspecified atom stereocenters. The third-order valence-electron chi connectivity index (χ3n) is 2.43. The third kappa shape index (κ3) is 2.39. The number of H-pyrrole nitrogens is 1. The highest BCUT2D eigenvalue weighted by molar-refractivity contribution is 5.73. The molecule has 6 nitrogen and oxygen atoms in total. The van der Waals surface area contributed by atoms with Crippen molar-refractivity contribution >= 4 is 11.8 Å². The number of carboxylic acid groups (broad SMARTS) is 1. The molecule has 0 amide bonds. The molecule has 0 bridgehead atoms. The number of rotatable bonds is 4. The number of carbonyl (C=O) groups is 1. The van der Waals surface area contributed by atoms with E-state index >= 15 is 0 Å². The maximum atomic E-state index is 11.3. The number of hydrogen-bond donors (Lipinski definition) is 2. The van der Waals surface area contributed by atoms with Crippen LogP contribution in [-0.2, 0) is 4.79 Å². The van der Waals surface area contributed by atoms with E-state index in [0.717, 1.165) is 12.8 Å². The minimum atomic E-state index is -0.911. The van der Waals surface area contributed by atoms with Gasteiger partial charge in [-0.2, -0.15) is 0 Å². The largest absolute Gasteiger partial charge is 0.480 e. The highest BCUT2D eigenvalue weighted by Gasteiger charge is 2.31. The summed E-state index contributed by atoms with van der Waals surface area (Å²) >= 11 is 0. The highest BCUT2D eigenvalue weighted by Crippen LogP contribution is 2.29. The summed E-state index contributed by atoms with van der Waals surface area (Å²) in [6.07, 6.45) is 1.92. The minimum Gasteiger partial charge on any atom is -0.480 e. The molecule has 0 atom stereocenters. The fourth-order valence-corrected chi connectivity index (χ4v) is 1.64. The van der Waals surface area contributed by atoms with Crippen LogP contribution in [0, 0.1) is 6.92 Å². The highest BCUT2D eigenvalue weighted by atomic mass is 16.4. The van der Waals surface area contributed by atoms with Crippen molar-refractivity contribution in [3.05, 3.63) is 22.2 Å². The Kier molecular flexibility index (Phi) is 2.64. The van der Waals surface area contributed by atoms with E-state index in [9.17, 15) is 9.59 Å². The predicted molar refractivity (Wildman–Crippen MR) is 57.6 cm³/mol. The van der Waals surface area contributed by atoms with Crippen LogP contribution in [0.15, 0.2) is 10.9 Å². The molecule has 0 spiro atoms. The van der Waals surface area contributed by atoms with Gasteiger partial charge in [-0.1, -0.05) is 0 Å². The van der Waals surface area contributed by atoms with Crippen LogP contribution in [0.3, 0.4) is 0 Å². The van der Waals surface area contributed by atoms with Crippen LogP contribution in [0.25, 0.3) is 0 Å². The van der Waals surface area contributed by atoms with Gasteiger partial charge < -0.3 is 15.0 Å². The first-order valence-corrected chi connectivity index (χ1v) is 5.12. The smallest absolute Gasteiger partial charge is 0.323 e. The Balaban J connectivity index is 2.30. The van der Waals surface area contributed by atoms with Crippen LogP contribution in [0.4, 0.5) is 5.82 Å². The molecule has 86 valence electrons. The maximum Gasteiger partial charge on any atom is 0.323 e. The van der Waals surface area contributed by atoms with E-state index in [2.05, 4.69) is 9.97 Å². The molecule has 0 radical (unpaired) electrons. The fourth-order valence-electron chi connectivity index (χ4n) is 1.64. The van der Waals surface area contributed by atoms with Crippen LogP contribution in [0.5, 0.6) is 0 Å². The molecule has 0 aliphatic heterocycles. The molecule has 1 saturated carbocycles. The first-order chi connectivity index (χ1) is 7.56. The zero-order valence-electron chi connectivity index (χ0n) is 8.93. The standard InChI is InChI=1S/C10H13N3O3/c1-6-11-8(4-9(14)12-6)13(5-10(15)16)7-2-3-7/h4,7H,2-3,5H2,1H3,(H,15,16)(H,11,12,14). The maximum absolute atomic E-state index is 11.3. The first-order valence-electron chi connectivity index (χ1n) is 5.12. The van der Waals surface area contributed by atoms with Gasteiger partial charge in [0.25, 0.3) is 5.56 Å². The molecule has 0 saturated heterocycles. The van der Waals surface area contributed by atoms with E-state index < -0.39 is 5.97 Å². The van der Waals surface area contributed by atoms with Crippen molar-refractivity contribution in [1.82, 2.24) is 9.97 Å². The van der Waals surface area contributed by atoms with Crippen molar-refractivity contribution in [2.45, 2.75) is 25.8 Å². The Labute approximate surface area is 91.9 Å². The Morgan fingerprint density at radius 1 is 1.69 bits per heavy atom. The van der Waals surface area contributed by atoms with Crippen molar-refractivity contribution in [2.24, 2.45) is 0 Å². The van der Waals surface area contributed by atoms with Gasteiger partial charge in [-0.25, -0.2) is 4.98 Å². The number of aromatic amines is 1. The van der Waals surface area contributed by atoms with Crippen LogP contribution in [0.2, 0.25) is 0 Å². The lowest BCUT2D eigenvalue weighted by Crippen LogP contribution is -2.33. The van der Waals surface area contributed by atoms with Crippen LogP contribution in [0.1, 0.15) is 18.7 Å². The Morgan fingerprint density at radius 3 is 2.88 bits per heavy atom. The second kappa shape index (κ2) is 3.96. The molecule has 1 fully saturated rings. The van der Waals surface area contributed by atoms with Crippen LogP contribution >= 0.6 is 0 Å². The van der Waals surface area contributed by atoms with Crippen molar-refractivity contribution in [1.29, 1.82) is 0 Å². The molecule has 1 aromatic rings. The molecular formula is C10H13N3O3. The second-order valence-corrected chi connectivity index (χ2v) is 3.94. The van der Waals surface area contributed by atoms with E-state index in [1.54, 1.807) is 11.8 Å². The average Bonchev–Trinajstić information content (AvgIpc) is 2.95. The van der Waals surface area contributed by atoms with Gasteiger partial charge in [-0.05, 0) is 19.8 Å². The van der Waals surface area contributed by atoms with Crippen molar-refractivity contribution in [2.75, 3.05) is 11.4 Å². The van der Waals surface area contributed by atoms with E-state index in [1.807, 2.05) is 0 Å². The number of aromatic nitrogens is 2. The fraction of sp³-hybridized carbons (Fsp3) is 0.500. The Hall–Kier alpha value is -1.85. The number of anilines is 1. The van der Waals surface area contributed by atoms with Crippen molar-refractivity contribution in [3.63, 3.8) is 0 Å². The molecule has 16 heavy (non-hydrogen) atoms. The summed E-state index contributed by atoms with van der Waals surface area (Å²) in [5.74, 6) is 0.0383. The van der Waals surface area contributed by atoms with Gasteiger partial charge in [0.2, 0.25) is 0 Å². The third-order valence-corrected chi connectivity index (χ3v) is 2.43. The quantitative estimate of drug-likeness (QED) is 0.757. The van der Waals surface area contributed by atoms with Gasteiger partial charge in [0, 0.05) is 12.1 Å². The molecule has 1 aromatic heterocycles. The van der Waals surface area contributed by atoms with Gasteiger partial charge in [-0.3, -0.25) is 9.59 Å². The van der Waals surface area contributed by atoms with E-state index in [0.29, 0.717) is 11.6 Å². The summed E-state index contributed by atoms with van der Waals surface area (Å²) in [7, 11) is 0. The minimum absolute atomic E-state index is 0.111. The number of aryl methyl sites for hydroxylation is 1. The van der Waals surface area contributed by atoms with E-state index in [1.165, 1.54) is 6.07 Å². The van der Waals surface area contributed by atoms with Gasteiger partial charge in [-0.15, -0.1) is 0 Å². The molecule has 1 aliphatic carbocycles. The molecule has 6 heteroatoms. The second-order valence-electron chi connectivity index (χ2n) is 3.94. The lowest BCUT2D eigenvalue weighted by atomic mass is 10.4. The molecule has 1 aliphatic rings. The monoisotopic (exact) mass is 223 g/mol. The normalized spacial score (nSPS) is 14.8. The SMILES string of the molecule is Cc1nc(N(CC(=O)O)C2CC2)cc(=O)[nH]1. The van der Waals surface area contributed by atoms with Crippen LogP contribution in [-0.4, -0.2) is 33.6 Å². The van der Waals surface area contributed by atoms with Gasteiger partial charge >= 0.3 is 5.97 Å². The lowest BCUT2D eigenvalue weighted by molar-refractivity contribution is -0.135. The molecule has 0 aromatic carbocycles. The number of nitrogens with one attached hydrogen (secondary N) is 1. The number of aliphatic carboxylic acids is 1. The van der Waals surface area contributed by atoms with Crippen LogP contribution < -0.4 is 10.5 Å². The van der Waals surface area contributed by atoms with Crippen molar-refractivity contribution < 1.29 is 9.90 Å². The lowest BCUT2D eigenvalue weighted by Gasteiger charge is -2.20. The van der Waals surface area contributed by atoms with Gasteiger partial charge in [0.05, 0.1) is 0 Å². The van der Waals surface area contributed by atoms with Gasteiger partial charge in [0.15, 0.2) is 0 Å². The Morgan fingerprint density at radius 2 is 2.38 bits per heavy atom. The van der Waals surface area contributed by atoms with Gasteiger partial charge in [0.1, 0.15) is 18.2 Å². The zero-order valence-corrected chi connectivity index (χ0v) is 8.93. The summed E-state index contributed by atoms with van der Waals surface area (Å²) in [6, 6.07) is 1.55. The average molecular weight is 223 g/mol. The number of hydrogen-bond acceptors (Lipinski definition) is 4. The summed E-state index contributed by atoms with van der Waals surface area (Å²) in [4.78, 5) is 30.4. The summed E-state index contributed by atoms with van der Waals surface area (Å²) < 4.78 is 0. The summed E-state index contributed by atoms with van der Waals surface area (Å²) in [5.41, 5.74) is -0.251. The zero-order chi connectivity index (χ0) is 11.7. The predicted octanol–water partition coefficient (Wildman–Crippen LogP) is 0.132. The molecule has 2 rings (SSSR count). The topological polar surface area (TPSA) is 86.3 Å². The number of nitrogens with zero attached hydrogens (tertiary/aromatic N) is 2. The Bertz CT molecular complexity index is 465. The molecular weight excluding hydrogens is 210 g/mol. The van der Waals surface area contributed by atoms with E-state index in [-0.39, 0.29) is 18.1 Å². The summed E-state index contributed by atoms with van der Waals surface area (Å²) in [6.45, 7) is 1.57. The first kappa shape index (κ1) is 10.7. The molecule has 1 heterocycles. The molecule has 2 N–H and O–H groups in total. The summed E-state index contributed by atoms with van der Waals surface area (Å²) in [5, 5.41) is 8.81. The van der Waals surface area contributed by atoms with Crippen molar-refractivity contribution in [3.8, 4) is 0 Å². The number of carboxylic acids is 1. The van der Waals surface area contributed by atoms with E-state index in [4.69, 9.17) is 5.11 Å².